The van der Waals surface area contributed by atoms with Gasteiger partial charge in [-0.1, -0.05) is 135 Å². The quantitative estimate of drug-likeness (QED) is 0.0577. The van der Waals surface area contributed by atoms with E-state index in [0.717, 1.165) is 19.3 Å². The number of unbranched alkanes of at least 4 members (excludes halogenated alkanes) is 20. The van der Waals surface area contributed by atoms with Gasteiger partial charge in [-0.3, -0.25) is 4.79 Å². The monoisotopic (exact) mass is 524 g/mol. The van der Waals surface area contributed by atoms with E-state index in [2.05, 4.69) is 26.0 Å². The number of aliphatic hydroxyl groups is 1. The summed E-state index contributed by atoms with van der Waals surface area (Å²) in [5.74, 6) is -0.207. The fourth-order valence-corrected chi connectivity index (χ4v) is 4.62. The highest BCUT2D eigenvalue weighted by Gasteiger charge is 2.13. The predicted molar refractivity (Wildman–Crippen MR) is 159 cm³/mol. The van der Waals surface area contributed by atoms with Gasteiger partial charge in [0.25, 0.3) is 0 Å². The van der Waals surface area contributed by atoms with Crippen LogP contribution < -0.4 is 0 Å². The molecular formula is C33H64O4. The molecule has 0 aromatic heterocycles. The van der Waals surface area contributed by atoms with Crippen molar-refractivity contribution in [2.24, 2.45) is 0 Å². The molecule has 4 nitrogen and oxygen atoms in total. The Morgan fingerprint density at radius 1 is 0.622 bits per heavy atom. The lowest BCUT2D eigenvalue weighted by molar-refractivity contribution is -0.154. The lowest BCUT2D eigenvalue weighted by atomic mass is 10.1. The summed E-state index contributed by atoms with van der Waals surface area (Å²) < 4.78 is 11.0. The molecule has 0 aromatic rings. The van der Waals surface area contributed by atoms with E-state index >= 15 is 0 Å². The number of allylic oxidation sites excluding steroid dienone is 2. The van der Waals surface area contributed by atoms with Crippen molar-refractivity contribution in [3.8, 4) is 0 Å². The SMILES string of the molecule is CCCCCCCCC/C=C\CCCCCCCCOCC(CO)OC(=O)CCCCCCCCCC. The van der Waals surface area contributed by atoms with E-state index in [1.54, 1.807) is 0 Å². The number of hydrogen-bond donors (Lipinski definition) is 1. The first kappa shape index (κ1) is 36.1. The molecule has 0 spiro atoms. The van der Waals surface area contributed by atoms with E-state index in [-0.39, 0.29) is 12.6 Å². The standard InChI is InChI=1S/C33H64O4/c1-3-5-7-9-11-13-14-15-16-17-18-19-20-21-23-25-27-29-36-31-32(30-34)37-33(35)28-26-24-22-12-10-8-6-4-2/h16-17,32,34H,3-15,18-31H2,1-2H3/b17-16-. The minimum atomic E-state index is -0.527. The van der Waals surface area contributed by atoms with Crippen LogP contribution in [0.5, 0.6) is 0 Å². The van der Waals surface area contributed by atoms with Crippen molar-refractivity contribution < 1.29 is 19.4 Å². The molecule has 0 amide bonds. The number of hydrogen-bond acceptors (Lipinski definition) is 4. The zero-order chi connectivity index (χ0) is 27.1. The molecule has 0 heterocycles. The van der Waals surface area contributed by atoms with Crippen LogP contribution >= 0.6 is 0 Å². The Hall–Kier alpha value is -0.870. The van der Waals surface area contributed by atoms with Gasteiger partial charge in [0.15, 0.2) is 0 Å². The summed E-state index contributed by atoms with van der Waals surface area (Å²) in [7, 11) is 0. The highest BCUT2D eigenvalue weighted by molar-refractivity contribution is 5.69. The largest absolute Gasteiger partial charge is 0.457 e. The van der Waals surface area contributed by atoms with Crippen molar-refractivity contribution in [2.75, 3.05) is 19.8 Å². The van der Waals surface area contributed by atoms with Crippen molar-refractivity contribution in [2.45, 2.75) is 174 Å². The average molecular weight is 525 g/mol. The van der Waals surface area contributed by atoms with Crippen LogP contribution in [0.4, 0.5) is 0 Å². The second-order valence-electron chi connectivity index (χ2n) is 10.9. The zero-order valence-electron chi connectivity index (χ0n) is 25.0. The summed E-state index contributed by atoms with van der Waals surface area (Å²) in [6.45, 7) is 5.31. The lowest BCUT2D eigenvalue weighted by Crippen LogP contribution is -2.27. The average Bonchev–Trinajstić information content (AvgIpc) is 2.90. The maximum absolute atomic E-state index is 12.0. The van der Waals surface area contributed by atoms with E-state index < -0.39 is 6.10 Å². The molecule has 220 valence electrons. The number of ether oxygens (including phenoxy) is 2. The highest BCUT2D eigenvalue weighted by Crippen LogP contribution is 2.12. The molecular weight excluding hydrogens is 460 g/mol. The van der Waals surface area contributed by atoms with Gasteiger partial charge in [0.2, 0.25) is 0 Å². The van der Waals surface area contributed by atoms with Crippen molar-refractivity contribution in [1.29, 1.82) is 0 Å². The van der Waals surface area contributed by atoms with Crippen LogP contribution in [-0.4, -0.2) is 37.0 Å². The molecule has 0 saturated heterocycles. The van der Waals surface area contributed by atoms with Crippen molar-refractivity contribution in [3.63, 3.8) is 0 Å². The summed E-state index contributed by atoms with van der Waals surface area (Å²) in [4.78, 5) is 12.0. The molecule has 0 aromatic carbocycles. The fraction of sp³-hybridized carbons (Fsp3) is 0.909. The highest BCUT2D eigenvalue weighted by atomic mass is 16.6. The van der Waals surface area contributed by atoms with E-state index in [1.165, 1.54) is 128 Å². The Bertz CT molecular complexity index is 477. The summed E-state index contributed by atoms with van der Waals surface area (Å²) in [6, 6.07) is 0. The summed E-state index contributed by atoms with van der Waals surface area (Å²) in [6.07, 6.45) is 33.9. The molecule has 1 unspecified atom stereocenters. The maximum atomic E-state index is 12.0. The van der Waals surface area contributed by atoms with Gasteiger partial charge in [0, 0.05) is 13.0 Å². The van der Waals surface area contributed by atoms with Gasteiger partial charge >= 0.3 is 5.97 Å². The lowest BCUT2D eigenvalue weighted by Gasteiger charge is -2.15. The summed E-state index contributed by atoms with van der Waals surface area (Å²) in [5.41, 5.74) is 0. The minimum Gasteiger partial charge on any atom is -0.457 e. The molecule has 0 saturated carbocycles. The fourth-order valence-electron chi connectivity index (χ4n) is 4.62. The minimum absolute atomic E-state index is 0.170. The Labute approximate surface area is 231 Å². The van der Waals surface area contributed by atoms with E-state index in [0.29, 0.717) is 19.6 Å². The molecule has 0 radical (unpaired) electrons. The molecule has 0 aliphatic rings. The maximum Gasteiger partial charge on any atom is 0.306 e. The first-order valence-corrected chi connectivity index (χ1v) is 16.3. The van der Waals surface area contributed by atoms with Gasteiger partial charge in [0.05, 0.1) is 13.2 Å². The molecule has 4 heteroatoms. The molecule has 0 aliphatic heterocycles. The third kappa shape index (κ3) is 29.5. The molecule has 37 heavy (non-hydrogen) atoms. The van der Waals surface area contributed by atoms with Crippen LogP contribution in [0.15, 0.2) is 12.2 Å². The number of carbonyl (C=O) groups excluding carboxylic acids is 1. The Morgan fingerprint density at radius 3 is 1.54 bits per heavy atom. The molecule has 0 bridgehead atoms. The van der Waals surface area contributed by atoms with Crippen molar-refractivity contribution in [1.82, 2.24) is 0 Å². The second kappa shape index (κ2) is 31.3. The number of aliphatic hydroxyl groups excluding tert-OH is 1. The number of esters is 1. The third-order valence-corrected chi connectivity index (χ3v) is 7.09. The van der Waals surface area contributed by atoms with Crippen LogP contribution in [0.1, 0.15) is 168 Å². The smallest absolute Gasteiger partial charge is 0.306 e. The normalized spacial score (nSPS) is 12.4. The molecule has 1 N–H and O–H groups in total. The van der Waals surface area contributed by atoms with Gasteiger partial charge in [-0.25, -0.2) is 0 Å². The molecule has 0 rings (SSSR count). The van der Waals surface area contributed by atoms with Gasteiger partial charge in [-0.2, -0.15) is 0 Å². The Balaban J connectivity index is 3.41. The van der Waals surface area contributed by atoms with Crippen LogP contribution in [-0.2, 0) is 14.3 Å². The van der Waals surface area contributed by atoms with E-state index in [9.17, 15) is 9.90 Å². The van der Waals surface area contributed by atoms with E-state index in [4.69, 9.17) is 9.47 Å². The van der Waals surface area contributed by atoms with Crippen LogP contribution in [0, 0.1) is 0 Å². The van der Waals surface area contributed by atoms with Crippen LogP contribution in [0.25, 0.3) is 0 Å². The first-order chi connectivity index (χ1) is 18.2. The van der Waals surface area contributed by atoms with Crippen molar-refractivity contribution >= 4 is 5.97 Å². The number of rotatable bonds is 30. The Kier molecular flexibility index (Phi) is 30.6. The van der Waals surface area contributed by atoms with Gasteiger partial charge < -0.3 is 14.6 Å². The second-order valence-corrected chi connectivity index (χ2v) is 10.9. The van der Waals surface area contributed by atoms with Crippen LogP contribution in [0.2, 0.25) is 0 Å². The number of carbonyl (C=O) groups is 1. The first-order valence-electron chi connectivity index (χ1n) is 16.3. The van der Waals surface area contributed by atoms with Crippen LogP contribution in [0.3, 0.4) is 0 Å². The summed E-state index contributed by atoms with van der Waals surface area (Å²) >= 11 is 0. The predicted octanol–water partition coefficient (Wildman–Crippen LogP) is 9.87. The van der Waals surface area contributed by atoms with E-state index in [1.807, 2.05) is 0 Å². The third-order valence-electron chi connectivity index (χ3n) is 7.09. The topological polar surface area (TPSA) is 55.8 Å². The van der Waals surface area contributed by atoms with Gasteiger partial charge in [-0.05, 0) is 38.5 Å². The van der Waals surface area contributed by atoms with Crippen molar-refractivity contribution in [3.05, 3.63) is 12.2 Å². The van der Waals surface area contributed by atoms with Gasteiger partial charge in [-0.15, -0.1) is 0 Å². The molecule has 0 aliphatic carbocycles. The zero-order valence-corrected chi connectivity index (χ0v) is 25.0. The molecule has 1 atom stereocenters. The summed E-state index contributed by atoms with van der Waals surface area (Å²) in [5, 5.41) is 9.48. The Morgan fingerprint density at radius 2 is 1.05 bits per heavy atom. The molecule has 0 fully saturated rings. The van der Waals surface area contributed by atoms with Gasteiger partial charge in [0.1, 0.15) is 6.10 Å².